The summed E-state index contributed by atoms with van der Waals surface area (Å²) in [5, 5.41) is 10.3. The van der Waals surface area contributed by atoms with Crippen molar-refractivity contribution in [1.82, 2.24) is 10.2 Å². The summed E-state index contributed by atoms with van der Waals surface area (Å²) < 4.78 is 43.4. The number of carboxylic acids is 1. The number of amides is 2. The van der Waals surface area contributed by atoms with Gasteiger partial charge >= 0.3 is 18.2 Å². The van der Waals surface area contributed by atoms with Gasteiger partial charge in [-0.15, -0.1) is 0 Å². The molecule has 9 heteroatoms. The van der Waals surface area contributed by atoms with Crippen LogP contribution < -0.4 is 5.32 Å². The van der Waals surface area contributed by atoms with E-state index >= 15 is 0 Å². The van der Waals surface area contributed by atoms with Crippen LogP contribution in [0.1, 0.15) is 20.8 Å². The van der Waals surface area contributed by atoms with Crippen LogP contribution in [0.3, 0.4) is 0 Å². The second kappa shape index (κ2) is 7.48. The quantitative estimate of drug-likeness (QED) is 0.750. The van der Waals surface area contributed by atoms with E-state index in [0.717, 1.165) is 4.90 Å². The number of carbonyl (C=O) groups excluding carboxylic acids is 1. The molecule has 124 valence electrons. The normalized spacial score (nSPS) is 14.7. The number of carbonyl (C=O) groups is 2. The van der Waals surface area contributed by atoms with Crippen molar-refractivity contribution in [1.29, 1.82) is 0 Å². The fourth-order valence-electron chi connectivity index (χ4n) is 1.46. The van der Waals surface area contributed by atoms with E-state index in [1.165, 1.54) is 7.11 Å². The Hall–Kier alpha value is -1.51. The maximum Gasteiger partial charge on any atom is 0.422 e. The molecule has 0 aliphatic heterocycles. The van der Waals surface area contributed by atoms with Gasteiger partial charge in [0.05, 0.1) is 6.61 Å². The van der Waals surface area contributed by atoms with Crippen molar-refractivity contribution >= 4 is 12.0 Å². The minimum atomic E-state index is -5.11. The number of rotatable bonds is 7. The second-order valence-corrected chi connectivity index (χ2v) is 5.19. The van der Waals surface area contributed by atoms with Crippen LogP contribution in [0.15, 0.2) is 0 Å². The predicted molar refractivity (Wildman–Crippen MR) is 68.9 cm³/mol. The van der Waals surface area contributed by atoms with Crippen molar-refractivity contribution in [3.8, 4) is 0 Å². The maximum absolute atomic E-state index is 12.9. The number of hydrogen-bond donors (Lipinski definition) is 2. The van der Waals surface area contributed by atoms with Crippen LogP contribution in [0.25, 0.3) is 0 Å². The van der Waals surface area contributed by atoms with Crippen molar-refractivity contribution in [2.75, 3.05) is 26.8 Å². The molecule has 0 aromatic heterocycles. The summed E-state index contributed by atoms with van der Waals surface area (Å²) in [5.41, 5.74) is -3.34. The third-order valence-electron chi connectivity index (χ3n) is 2.79. The van der Waals surface area contributed by atoms with Crippen LogP contribution in [-0.2, 0) is 9.53 Å². The van der Waals surface area contributed by atoms with Crippen molar-refractivity contribution in [3.63, 3.8) is 0 Å². The molecule has 0 aliphatic carbocycles. The standard InChI is InChI=1S/C12H21F3N2O4/c1-8(2)7-17(5-6-21-4)10(20)16-11(3,9(18)19)12(13,14)15/h8H,5-7H2,1-4H3,(H,16,20)(H,18,19). The van der Waals surface area contributed by atoms with Crippen molar-refractivity contribution in [2.24, 2.45) is 5.92 Å². The van der Waals surface area contributed by atoms with Gasteiger partial charge in [0, 0.05) is 20.2 Å². The van der Waals surface area contributed by atoms with Gasteiger partial charge in [0.1, 0.15) is 0 Å². The number of halogens is 3. The van der Waals surface area contributed by atoms with Crippen LogP contribution in [0.5, 0.6) is 0 Å². The molecular formula is C12H21F3N2O4. The Kier molecular flexibility index (Phi) is 6.95. The fourth-order valence-corrected chi connectivity index (χ4v) is 1.46. The van der Waals surface area contributed by atoms with Gasteiger partial charge in [0.2, 0.25) is 5.54 Å². The zero-order valence-electron chi connectivity index (χ0n) is 12.5. The minimum absolute atomic E-state index is 0.00887. The molecule has 0 saturated carbocycles. The molecule has 0 rings (SSSR count). The molecule has 21 heavy (non-hydrogen) atoms. The first-order chi connectivity index (χ1) is 9.45. The molecule has 1 atom stereocenters. The Morgan fingerprint density at radius 1 is 1.33 bits per heavy atom. The molecule has 0 fully saturated rings. The Morgan fingerprint density at radius 3 is 2.19 bits per heavy atom. The van der Waals surface area contributed by atoms with Gasteiger partial charge in [-0.1, -0.05) is 13.8 Å². The highest BCUT2D eigenvalue weighted by Crippen LogP contribution is 2.30. The average molecular weight is 314 g/mol. The van der Waals surface area contributed by atoms with Gasteiger partial charge < -0.3 is 20.1 Å². The highest BCUT2D eigenvalue weighted by Gasteiger charge is 2.58. The molecule has 0 aliphatic rings. The molecule has 2 N–H and O–H groups in total. The summed E-state index contributed by atoms with van der Waals surface area (Å²) in [6, 6.07) is -1.09. The second-order valence-electron chi connectivity index (χ2n) is 5.19. The predicted octanol–water partition coefficient (Wildman–Crippen LogP) is 1.71. The molecule has 0 aromatic rings. The lowest BCUT2D eigenvalue weighted by atomic mass is 10.0. The number of aliphatic carboxylic acids is 1. The number of hydrogen-bond acceptors (Lipinski definition) is 3. The van der Waals surface area contributed by atoms with Gasteiger partial charge in [-0.05, 0) is 12.8 Å². The lowest BCUT2D eigenvalue weighted by molar-refractivity contribution is -0.203. The number of nitrogens with one attached hydrogen (secondary N) is 1. The van der Waals surface area contributed by atoms with Crippen LogP contribution in [0.2, 0.25) is 0 Å². The van der Waals surface area contributed by atoms with E-state index in [1.807, 2.05) is 0 Å². The number of methoxy groups -OCH3 is 1. The topological polar surface area (TPSA) is 78.9 Å². The Morgan fingerprint density at radius 2 is 1.86 bits per heavy atom. The molecule has 0 saturated heterocycles. The SMILES string of the molecule is COCCN(CC(C)C)C(=O)NC(C)(C(=O)O)C(F)(F)F. The highest BCUT2D eigenvalue weighted by molar-refractivity contribution is 5.86. The molecule has 1 unspecified atom stereocenters. The Labute approximate surface area is 121 Å². The lowest BCUT2D eigenvalue weighted by Gasteiger charge is -2.32. The summed E-state index contributed by atoms with van der Waals surface area (Å²) >= 11 is 0. The zero-order valence-corrected chi connectivity index (χ0v) is 12.5. The molecule has 0 heterocycles. The third-order valence-corrected chi connectivity index (χ3v) is 2.79. The summed E-state index contributed by atoms with van der Waals surface area (Å²) in [7, 11) is 1.39. The van der Waals surface area contributed by atoms with E-state index in [1.54, 1.807) is 19.2 Å². The number of carboxylic acid groups (broad SMARTS) is 1. The number of alkyl halides is 3. The first-order valence-corrected chi connectivity index (χ1v) is 6.31. The van der Waals surface area contributed by atoms with Gasteiger partial charge in [0.15, 0.2) is 0 Å². The molecule has 6 nitrogen and oxygen atoms in total. The summed E-state index contributed by atoms with van der Waals surface area (Å²) in [5.74, 6) is -2.16. The third kappa shape index (κ3) is 5.41. The number of ether oxygens (including phenoxy) is 1. The summed E-state index contributed by atoms with van der Waals surface area (Å²) in [6.07, 6.45) is -5.11. The number of nitrogens with zero attached hydrogens (tertiary/aromatic N) is 1. The van der Waals surface area contributed by atoms with E-state index in [-0.39, 0.29) is 25.6 Å². The lowest BCUT2D eigenvalue weighted by Crippen LogP contribution is -2.64. The van der Waals surface area contributed by atoms with Gasteiger partial charge in [-0.2, -0.15) is 13.2 Å². The molecule has 0 spiro atoms. The van der Waals surface area contributed by atoms with Gasteiger partial charge in [0.25, 0.3) is 0 Å². The average Bonchev–Trinajstić information content (AvgIpc) is 2.31. The van der Waals surface area contributed by atoms with Crippen LogP contribution in [0, 0.1) is 5.92 Å². The summed E-state index contributed by atoms with van der Waals surface area (Å²) in [6.45, 7) is 4.37. The van der Waals surface area contributed by atoms with Crippen LogP contribution in [0.4, 0.5) is 18.0 Å². The van der Waals surface area contributed by atoms with E-state index in [2.05, 4.69) is 0 Å². The van der Waals surface area contributed by atoms with Gasteiger partial charge in [-0.25, -0.2) is 9.59 Å². The van der Waals surface area contributed by atoms with E-state index in [0.29, 0.717) is 6.92 Å². The maximum atomic E-state index is 12.9. The minimum Gasteiger partial charge on any atom is -0.479 e. The molecule has 0 aromatic carbocycles. The van der Waals surface area contributed by atoms with Crippen LogP contribution in [-0.4, -0.2) is 60.5 Å². The Bertz CT molecular complexity index is 374. The van der Waals surface area contributed by atoms with Crippen molar-refractivity contribution in [3.05, 3.63) is 0 Å². The molecule has 2 amide bonds. The van der Waals surface area contributed by atoms with E-state index < -0.39 is 23.7 Å². The van der Waals surface area contributed by atoms with Gasteiger partial charge in [-0.3, -0.25) is 0 Å². The van der Waals surface area contributed by atoms with Crippen LogP contribution >= 0.6 is 0 Å². The van der Waals surface area contributed by atoms with Crippen molar-refractivity contribution in [2.45, 2.75) is 32.5 Å². The molecule has 0 bridgehead atoms. The van der Waals surface area contributed by atoms with Crippen molar-refractivity contribution < 1.29 is 32.6 Å². The fraction of sp³-hybridized carbons (Fsp3) is 0.833. The molecular weight excluding hydrogens is 293 g/mol. The first-order valence-electron chi connectivity index (χ1n) is 6.31. The highest BCUT2D eigenvalue weighted by atomic mass is 19.4. The first kappa shape index (κ1) is 19.5. The van der Waals surface area contributed by atoms with E-state index in [4.69, 9.17) is 9.84 Å². The summed E-state index contributed by atoms with van der Waals surface area (Å²) in [4.78, 5) is 23.9. The number of urea groups is 1. The monoisotopic (exact) mass is 314 g/mol. The Balaban J connectivity index is 5.12. The smallest absolute Gasteiger partial charge is 0.422 e. The zero-order chi connectivity index (χ0) is 16.8. The van der Waals surface area contributed by atoms with E-state index in [9.17, 15) is 22.8 Å². The molecule has 0 radical (unpaired) electrons. The largest absolute Gasteiger partial charge is 0.479 e.